The first-order chi connectivity index (χ1) is 31.0. The van der Waals surface area contributed by atoms with Crippen molar-refractivity contribution in [3.8, 4) is 0 Å². The molecule has 0 aromatic rings. The molecule has 0 bridgehead atoms. The van der Waals surface area contributed by atoms with Crippen molar-refractivity contribution in [1.82, 2.24) is 0 Å². The molecule has 63 heavy (non-hydrogen) atoms. The summed E-state index contributed by atoms with van der Waals surface area (Å²) in [4.78, 5) is 38.0. The highest BCUT2D eigenvalue weighted by Gasteiger charge is 2.19. The molecule has 0 N–H and O–H groups in total. The topological polar surface area (TPSA) is 78.9 Å². The smallest absolute Gasteiger partial charge is 0.306 e. The highest BCUT2D eigenvalue weighted by atomic mass is 16.6. The Kier molecular flexibility index (Phi) is 49.4. The van der Waals surface area contributed by atoms with Gasteiger partial charge in [0.25, 0.3) is 0 Å². The van der Waals surface area contributed by atoms with Gasteiger partial charge in [0.2, 0.25) is 0 Å². The second-order valence-corrected chi connectivity index (χ2v) is 17.8. The third-order valence-electron chi connectivity index (χ3n) is 11.5. The van der Waals surface area contributed by atoms with Crippen LogP contribution in [0.3, 0.4) is 0 Å². The van der Waals surface area contributed by atoms with E-state index in [2.05, 4.69) is 81.5 Å². The maximum Gasteiger partial charge on any atom is 0.306 e. The van der Waals surface area contributed by atoms with E-state index in [1.54, 1.807) is 0 Å². The largest absolute Gasteiger partial charge is 0.462 e. The minimum absolute atomic E-state index is 0.0861. The number of ether oxygens (including phenoxy) is 3. The number of allylic oxidation sites excluding steroid dienone is 10. The minimum Gasteiger partial charge on any atom is -0.462 e. The zero-order chi connectivity index (χ0) is 45.8. The summed E-state index contributed by atoms with van der Waals surface area (Å²) in [6.45, 7) is 6.47. The van der Waals surface area contributed by atoms with Gasteiger partial charge in [-0.1, -0.05) is 229 Å². The van der Waals surface area contributed by atoms with E-state index in [-0.39, 0.29) is 31.1 Å². The quantitative estimate of drug-likeness (QED) is 0.0199. The molecule has 0 aliphatic heterocycles. The predicted molar refractivity (Wildman–Crippen MR) is 270 cm³/mol. The zero-order valence-electron chi connectivity index (χ0n) is 41.6. The van der Waals surface area contributed by atoms with Gasteiger partial charge in [0, 0.05) is 19.3 Å². The van der Waals surface area contributed by atoms with Gasteiger partial charge in [-0.2, -0.15) is 0 Å². The van der Waals surface area contributed by atoms with Crippen LogP contribution >= 0.6 is 0 Å². The lowest BCUT2D eigenvalue weighted by molar-refractivity contribution is -0.167. The summed E-state index contributed by atoms with van der Waals surface area (Å²) in [5, 5.41) is 0. The molecule has 0 saturated carbocycles. The second kappa shape index (κ2) is 51.7. The molecule has 0 rings (SSSR count). The van der Waals surface area contributed by atoms with Gasteiger partial charge in [-0.3, -0.25) is 14.4 Å². The van der Waals surface area contributed by atoms with Crippen LogP contribution in [-0.2, 0) is 28.6 Å². The van der Waals surface area contributed by atoms with Crippen molar-refractivity contribution in [1.29, 1.82) is 0 Å². The molecular weight excluding hydrogens is 781 g/mol. The molecule has 0 saturated heterocycles. The Morgan fingerprint density at radius 2 is 0.667 bits per heavy atom. The highest BCUT2D eigenvalue weighted by Crippen LogP contribution is 2.16. The molecule has 1 unspecified atom stereocenters. The van der Waals surface area contributed by atoms with Crippen molar-refractivity contribution in [2.45, 2.75) is 271 Å². The van der Waals surface area contributed by atoms with Crippen LogP contribution in [0.1, 0.15) is 265 Å². The van der Waals surface area contributed by atoms with E-state index in [0.29, 0.717) is 19.3 Å². The first kappa shape index (κ1) is 60.1. The molecule has 0 amide bonds. The maximum absolute atomic E-state index is 12.8. The molecule has 0 aromatic heterocycles. The molecule has 0 heterocycles. The van der Waals surface area contributed by atoms with Crippen LogP contribution in [0.2, 0.25) is 0 Å². The third kappa shape index (κ3) is 50.0. The number of hydrogen-bond acceptors (Lipinski definition) is 6. The average molecular weight is 881 g/mol. The molecule has 0 fully saturated rings. The lowest BCUT2D eigenvalue weighted by Crippen LogP contribution is -2.30. The second-order valence-electron chi connectivity index (χ2n) is 17.8. The van der Waals surface area contributed by atoms with Crippen molar-refractivity contribution in [3.63, 3.8) is 0 Å². The standard InChI is InChI=1S/C57H100O6/c1-4-7-10-13-16-19-22-25-27-28-29-30-31-33-35-38-41-44-47-50-56(59)62-53-54(52-61-55(58)49-46-43-40-37-34-24-21-18-15-12-9-6-3)63-57(60)51-48-45-42-39-36-32-26-23-20-17-14-11-8-5-2/h9,12,16,18-19,21-22,25,34,37,54H,4-8,10-11,13-15,17,20,23-24,26-33,35-36,38-53H2,1-3H3/b12-9-,19-16-,21-18-,25-22-,37-34-. The first-order valence-electron chi connectivity index (χ1n) is 26.8. The van der Waals surface area contributed by atoms with Crippen molar-refractivity contribution in [2.24, 2.45) is 0 Å². The fourth-order valence-corrected chi connectivity index (χ4v) is 7.51. The first-order valence-corrected chi connectivity index (χ1v) is 26.8. The molecule has 6 nitrogen and oxygen atoms in total. The van der Waals surface area contributed by atoms with Gasteiger partial charge in [-0.15, -0.1) is 0 Å². The molecule has 1 atom stereocenters. The Labute approximate surface area is 390 Å². The van der Waals surface area contributed by atoms with Crippen LogP contribution in [0.15, 0.2) is 60.8 Å². The van der Waals surface area contributed by atoms with Crippen LogP contribution in [-0.4, -0.2) is 37.2 Å². The van der Waals surface area contributed by atoms with Gasteiger partial charge < -0.3 is 14.2 Å². The van der Waals surface area contributed by atoms with Gasteiger partial charge in [0.05, 0.1) is 0 Å². The Morgan fingerprint density at radius 3 is 1.13 bits per heavy atom. The van der Waals surface area contributed by atoms with Gasteiger partial charge in [-0.25, -0.2) is 0 Å². The summed E-state index contributed by atoms with van der Waals surface area (Å²) in [5.74, 6) is -0.923. The minimum atomic E-state index is -0.788. The summed E-state index contributed by atoms with van der Waals surface area (Å²) >= 11 is 0. The van der Waals surface area contributed by atoms with Crippen molar-refractivity contribution >= 4 is 17.9 Å². The summed E-state index contributed by atoms with van der Waals surface area (Å²) in [7, 11) is 0. The van der Waals surface area contributed by atoms with Crippen LogP contribution in [0.5, 0.6) is 0 Å². The Bertz CT molecular complexity index is 1150. The van der Waals surface area contributed by atoms with Gasteiger partial charge >= 0.3 is 17.9 Å². The number of esters is 3. The van der Waals surface area contributed by atoms with E-state index in [4.69, 9.17) is 14.2 Å². The molecule has 0 radical (unpaired) electrons. The summed E-state index contributed by atoms with van der Waals surface area (Å²) in [6, 6.07) is 0. The molecule has 0 aliphatic rings. The van der Waals surface area contributed by atoms with Crippen molar-refractivity contribution < 1.29 is 28.6 Å². The average Bonchev–Trinajstić information content (AvgIpc) is 3.28. The van der Waals surface area contributed by atoms with E-state index in [1.165, 1.54) is 148 Å². The van der Waals surface area contributed by atoms with E-state index in [0.717, 1.165) is 77.0 Å². The Balaban J connectivity index is 4.36. The lowest BCUT2D eigenvalue weighted by Gasteiger charge is -2.18. The fourth-order valence-electron chi connectivity index (χ4n) is 7.51. The van der Waals surface area contributed by atoms with E-state index in [1.807, 2.05) is 0 Å². The molecule has 0 aromatic carbocycles. The van der Waals surface area contributed by atoms with Crippen LogP contribution < -0.4 is 0 Å². The predicted octanol–water partition coefficient (Wildman–Crippen LogP) is 17.6. The molecule has 6 heteroatoms. The zero-order valence-corrected chi connectivity index (χ0v) is 41.6. The molecule has 0 spiro atoms. The number of hydrogen-bond donors (Lipinski definition) is 0. The van der Waals surface area contributed by atoms with Gasteiger partial charge in [0.1, 0.15) is 13.2 Å². The summed E-state index contributed by atoms with van der Waals surface area (Å²) < 4.78 is 16.8. The van der Waals surface area contributed by atoms with Gasteiger partial charge in [0.15, 0.2) is 6.10 Å². The summed E-state index contributed by atoms with van der Waals surface area (Å²) in [5.41, 5.74) is 0. The van der Waals surface area contributed by atoms with Crippen LogP contribution in [0, 0.1) is 0 Å². The summed E-state index contributed by atoms with van der Waals surface area (Å²) in [6.07, 6.45) is 63.5. The number of carbonyl (C=O) groups excluding carboxylic acids is 3. The van der Waals surface area contributed by atoms with Gasteiger partial charge in [-0.05, 0) is 77.0 Å². The number of rotatable bonds is 48. The van der Waals surface area contributed by atoms with Crippen molar-refractivity contribution in [2.75, 3.05) is 13.2 Å². The number of carbonyl (C=O) groups is 3. The molecule has 0 aliphatic carbocycles. The fraction of sp³-hybridized carbons (Fsp3) is 0.772. The van der Waals surface area contributed by atoms with E-state index < -0.39 is 6.10 Å². The van der Waals surface area contributed by atoms with Crippen LogP contribution in [0.4, 0.5) is 0 Å². The monoisotopic (exact) mass is 881 g/mol. The third-order valence-corrected chi connectivity index (χ3v) is 11.5. The maximum atomic E-state index is 12.8. The van der Waals surface area contributed by atoms with Crippen LogP contribution in [0.25, 0.3) is 0 Å². The Hall–Kier alpha value is -2.89. The Morgan fingerprint density at radius 1 is 0.349 bits per heavy atom. The SMILES string of the molecule is CC/C=C\C/C=C\C/C=C\CCCCC(=O)OCC(COC(=O)CCCCCCCCCCCC/C=C\C=C/CCCCC)OC(=O)CCCCCCCCCCCCCCCC. The van der Waals surface area contributed by atoms with E-state index >= 15 is 0 Å². The van der Waals surface area contributed by atoms with E-state index in [9.17, 15) is 14.4 Å². The number of unbranched alkanes of at least 4 members (excludes halogenated alkanes) is 28. The molecular formula is C57H100O6. The normalized spacial score (nSPS) is 12.5. The molecule has 364 valence electrons. The highest BCUT2D eigenvalue weighted by molar-refractivity contribution is 5.71. The van der Waals surface area contributed by atoms with Crippen molar-refractivity contribution in [3.05, 3.63) is 60.8 Å². The lowest BCUT2D eigenvalue weighted by atomic mass is 10.0.